The highest BCUT2D eigenvalue weighted by Crippen LogP contribution is 2.25. The molecule has 1 aromatic carbocycles. The number of likely N-dealkylation sites (N-methyl/N-ethyl adjacent to an activating group) is 1. The first-order chi connectivity index (χ1) is 8.66. The lowest BCUT2D eigenvalue weighted by Crippen LogP contribution is -2.35. The molecule has 0 spiro atoms. The highest BCUT2D eigenvalue weighted by Gasteiger charge is 2.11. The lowest BCUT2D eigenvalue weighted by Gasteiger charge is -2.18. The summed E-state index contributed by atoms with van der Waals surface area (Å²) in [5.74, 6) is 6.02. The van der Waals surface area contributed by atoms with Crippen LogP contribution in [0, 0.1) is 0 Å². The monoisotopic (exact) mass is 250 g/mol. The highest BCUT2D eigenvalue weighted by molar-refractivity contribution is 5.76. The smallest absolute Gasteiger partial charge is 0.262 e. The second kappa shape index (κ2) is 5.84. The number of nitrogens with zero attached hydrogens (tertiary/aromatic N) is 1. The molecule has 1 aliphatic rings. The summed E-state index contributed by atoms with van der Waals surface area (Å²) in [4.78, 5) is 11.2. The van der Waals surface area contributed by atoms with Crippen LogP contribution in [-0.2, 0) is 22.6 Å². The van der Waals surface area contributed by atoms with Crippen LogP contribution in [0.2, 0.25) is 0 Å². The molecule has 0 saturated carbocycles. The molecule has 0 saturated heterocycles. The Morgan fingerprint density at radius 3 is 3.17 bits per heavy atom. The van der Waals surface area contributed by atoms with E-state index in [-0.39, 0.29) is 12.5 Å². The van der Waals surface area contributed by atoms with Gasteiger partial charge in [0.05, 0.1) is 13.2 Å². The molecule has 0 radical (unpaired) electrons. The van der Waals surface area contributed by atoms with Gasteiger partial charge < -0.3 is 9.47 Å². The van der Waals surface area contributed by atoms with Crippen molar-refractivity contribution in [1.29, 1.82) is 0 Å². The molecule has 1 amide bonds. The van der Waals surface area contributed by atoms with E-state index >= 15 is 0 Å². The van der Waals surface area contributed by atoms with Gasteiger partial charge in [0.25, 0.3) is 5.91 Å². The SMILES string of the molecule is CN(N)C(=O)COCc1ccc2c(c1)CCCO2. The molecule has 5 nitrogen and oxygen atoms in total. The number of carbonyl (C=O) groups is 1. The van der Waals surface area contributed by atoms with E-state index in [4.69, 9.17) is 15.3 Å². The van der Waals surface area contributed by atoms with E-state index in [1.165, 1.54) is 12.6 Å². The molecule has 18 heavy (non-hydrogen) atoms. The minimum Gasteiger partial charge on any atom is -0.493 e. The van der Waals surface area contributed by atoms with Gasteiger partial charge in [-0.3, -0.25) is 9.80 Å². The zero-order valence-corrected chi connectivity index (χ0v) is 10.5. The molecule has 2 N–H and O–H groups in total. The third kappa shape index (κ3) is 3.21. The third-order valence-electron chi connectivity index (χ3n) is 2.86. The predicted octanol–water partition coefficient (Wildman–Crippen LogP) is 0.860. The maximum atomic E-state index is 11.2. The molecule has 1 heterocycles. The quantitative estimate of drug-likeness (QED) is 0.489. The van der Waals surface area contributed by atoms with Crippen molar-refractivity contribution < 1.29 is 14.3 Å². The standard InChI is InChI=1S/C13H18N2O3/c1-15(14)13(16)9-17-8-10-4-5-12-11(7-10)3-2-6-18-12/h4-5,7H,2-3,6,8-9,14H2,1H3. The van der Waals surface area contributed by atoms with Gasteiger partial charge in [0.15, 0.2) is 0 Å². The van der Waals surface area contributed by atoms with E-state index in [0.29, 0.717) is 6.61 Å². The van der Waals surface area contributed by atoms with Gasteiger partial charge in [0, 0.05) is 7.05 Å². The second-order valence-electron chi connectivity index (χ2n) is 4.39. The van der Waals surface area contributed by atoms with Gasteiger partial charge in [-0.25, -0.2) is 5.84 Å². The van der Waals surface area contributed by atoms with E-state index in [2.05, 4.69) is 6.07 Å². The molecule has 0 atom stereocenters. The maximum Gasteiger partial charge on any atom is 0.262 e. The topological polar surface area (TPSA) is 64.8 Å². The van der Waals surface area contributed by atoms with Crippen LogP contribution in [0.25, 0.3) is 0 Å². The molecular weight excluding hydrogens is 232 g/mol. The van der Waals surface area contributed by atoms with Crippen molar-refractivity contribution in [3.63, 3.8) is 0 Å². The third-order valence-corrected chi connectivity index (χ3v) is 2.86. The van der Waals surface area contributed by atoms with Crippen LogP contribution in [0.4, 0.5) is 0 Å². The van der Waals surface area contributed by atoms with Crippen LogP contribution in [0.15, 0.2) is 18.2 Å². The highest BCUT2D eigenvalue weighted by atomic mass is 16.5. The Hall–Kier alpha value is -1.59. The molecule has 1 aromatic rings. The Morgan fingerprint density at radius 2 is 2.39 bits per heavy atom. The summed E-state index contributed by atoms with van der Waals surface area (Å²) in [5, 5.41) is 1.03. The predicted molar refractivity (Wildman–Crippen MR) is 66.9 cm³/mol. The first kappa shape index (κ1) is 12.9. The number of nitrogens with two attached hydrogens (primary N) is 1. The summed E-state index contributed by atoms with van der Waals surface area (Å²) < 4.78 is 10.9. The van der Waals surface area contributed by atoms with Gasteiger partial charge in [-0.05, 0) is 36.1 Å². The number of carbonyl (C=O) groups excluding carboxylic acids is 1. The van der Waals surface area contributed by atoms with Gasteiger partial charge in [-0.15, -0.1) is 0 Å². The Morgan fingerprint density at radius 1 is 1.56 bits per heavy atom. The van der Waals surface area contributed by atoms with E-state index < -0.39 is 0 Å². The number of hydrazine groups is 1. The van der Waals surface area contributed by atoms with Crippen LogP contribution in [-0.4, -0.2) is 31.2 Å². The summed E-state index contributed by atoms with van der Waals surface area (Å²) >= 11 is 0. The number of ether oxygens (including phenoxy) is 2. The molecule has 5 heteroatoms. The molecular formula is C13H18N2O3. The molecule has 1 aliphatic heterocycles. The van der Waals surface area contributed by atoms with Crippen molar-refractivity contribution >= 4 is 5.91 Å². The van der Waals surface area contributed by atoms with Gasteiger partial charge in [0.1, 0.15) is 12.4 Å². The molecule has 2 rings (SSSR count). The van der Waals surface area contributed by atoms with Crippen LogP contribution in [0.1, 0.15) is 17.5 Å². The Labute approximate surface area is 106 Å². The van der Waals surface area contributed by atoms with Crippen LogP contribution >= 0.6 is 0 Å². The Kier molecular flexibility index (Phi) is 4.17. The molecule has 0 aromatic heterocycles. The normalized spacial score (nSPS) is 13.7. The van der Waals surface area contributed by atoms with Crippen LogP contribution in [0.5, 0.6) is 5.75 Å². The zero-order chi connectivity index (χ0) is 13.0. The Balaban J connectivity index is 1.88. The molecule has 0 unspecified atom stereocenters. The zero-order valence-electron chi connectivity index (χ0n) is 10.5. The summed E-state index contributed by atoms with van der Waals surface area (Å²) in [6.45, 7) is 1.20. The van der Waals surface area contributed by atoms with E-state index in [1.54, 1.807) is 0 Å². The molecule has 0 fully saturated rings. The van der Waals surface area contributed by atoms with Crippen molar-refractivity contribution in [3.05, 3.63) is 29.3 Å². The van der Waals surface area contributed by atoms with Crippen molar-refractivity contribution in [3.8, 4) is 5.75 Å². The van der Waals surface area contributed by atoms with Crippen molar-refractivity contribution in [2.75, 3.05) is 20.3 Å². The van der Waals surface area contributed by atoms with Crippen molar-refractivity contribution in [1.82, 2.24) is 5.01 Å². The molecule has 0 aliphatic carbocycles. The van der Waals surface area contributed by atoms with E-state index in [9.17, 15) is 4.79 Å². The lowest BCUT2D eigenvalue weighted by atomic mass is 10.0. The fourth-order valence-corrected chi connectivity index (χ4v) is 1.86. The van der Waals surface area contributed by atoms with Gasteiger partial charge in [0.2, 0.25) is 0 Å². The van der Waals surface area contributed by atoms with Crippen molar-refractivity contribution in [2.24, 2.45) is 5.84 Å². The number of hydrogen-bond donors (Lipinski definition) is 1. The number of hydrogen-bond acceptors (Lipinski definition) is 4. The average molecular weight is 250 g/mol. The summed E-state index contributed by atoms with van der Waals surface area (Å²) in [6, 6.07) is 6.00. The number of benzene rings is 1. The first-order valence-corrected chi connectivity index (χ1v) is 6.00. The number of amides is 1. The second-order valence-corrected chi connectivity index (χ2v) is 4.39. The fourth-order valence-electron chi connectivity index (χ4n) is 1.86. The van der Waals surface area contributed by atoms with E-state index in [0.717, 1.165) is 35.8 Å². The largest absolute Gasteiger partial charge is 0.493 e. The summed E-state index contributed by atoms with van der Waals surface area (Å²) in [5.41, 5.74) is 2.26. The van der Waals surface area contributed by atoms with Gasteiger partial charge >= 0.3 is 0 Å². The number of aryl methyl sites for hydroxylation is 1. The average Bonchev–Trinajstić information content (AvgIpc) is 2.38. The van der Waals surface area contributed by atoms with Crippen LogP contribution < -0.4 is 10.6 Å². The minimum atomic E-state index is -0.240. The van der Waals surface area contributed by atoms with Crippen LogP contribution in [0.3, 0.4) is 0 Å². The number of fused-ring (bicyclic) bond motifs is 1. The minimum absolute atomic E-state index is 0.000580. The first-order valence-electron chi connectivity index (χ1n) is 6.00. The lowest BCUT2D eigenvalue weighted by molar-refractivity contribution is -0.135. The van der Waals surface area contributed by atoms with Gasteiger partial charge in [-0.2, -0.15) is 0 Å². The fraction of sp³-hybridized carbons (Fsp3) is 0.462. The summed E-state index contributed by atoms with van der Waals surface area (Å²) in [7, 11) is 1.50. The van der Waals surface area contributed by atoms with Crippen molar-refractivity contribution in [2.45, 2.75) is 19.4 Å². The van der Waals surface area contributed by atoms with Gasteiger partial charge in [-0.1, -0.05) is 6.07 Å². The molecule has 98 valence electrons. The maximum absolute atomic E-state index is 11.2. The molecule has 0 bridgehead atoms. The summed E-state index contributed by atoms with van der Waals surface area (Å²) in [6.07, 6.45) is 2.08. The Bertz CT molecular complexity index is 432. The number of rotatable bonds is 4. The van der Waals surface area contributed by atoms with E-state index in [1.807, 2.05) is 12.1 Å².